The van der Waals surface area contributed by atoms with Crippen molar-refractivity contribution in [2.45, 2.75) is 50.3 Å². The molecule has 1 aromatic rings. The van der Waals surface area contributed by atoms with Crippen LogP contribution in [0.25, 0.3) is 0 Å². The van der Waals surface area contributed by atoms with Crippen molar-refractivity contribution in [3.05, 3.63) is 17.0 Å². The third kappa shape index (κ3) is 1.62. The number of alkyl halides is 1. The Morgan fingerprint density at radius 3 is 2.64 bits per heavy atom. The first kappa shape index (κ1) is 10.2. The highest BCUT2D eigenvalue weighted by Crippen LogP contribution is 2.39. The molecule has 0 atom stereocenters. The lowest BCUT2D eigenvalue weighted by Gasteiger charge is -2.25. The molecule has 3 heteroatoms. The first-order valence-electron chi connectivity index (χ1n) is 5.37. The van der Waals surface area contributed by atoms with Crippen molar-refractivity contribution in [3.8, 4) is 0 Å². The van der Waals surface area contributed by atoms with Crippen LogP contribution in [0, 0.1) is 0 Å². The summed E-state index contributed by atoms with van der Waals surface area (Å²) in [7, 11) is 0. The molecule has 1 fully saturated rings. The number of H-pyrrole nitrogens is 1. The zero-order valence-corrected chi connectivity index (χ0v) is 10.4. The Hall–Kier alpha value is -0.310. The van der Waals surface area contributed by atoms with E-state index >= 15 is 0 Å². The predicted octanol–water partition coefficient (Wildman–Crippen LogP) is 3.70. The molecule has 0 spiro atoms. The Kier molecular flexibility index (Phi) is 2.96. The molecule has 78 valence electrons. The van der Waals surface area contributed by atoms with Gasteiger partial charge in [-0.3, -0.25) is 5.10 Å². The van der Waals surface area contributed by atoms with Crippen LogP contribution in [-0.4, -0.2) is 10.2 Å². The van der Waals surface area contributed by atoms with Crippen molar-refractivity contribution >= 4 is 15.9 Å². The van der Waals surface area contributed by atoms with E-state index in [2.05, 4.69) is 40.0 Å². The second kappa shape index (κ2) is 4.05. The van der Waals surface area contributed by atoms with Crippen LogP contribution >= 0.6 is 15.9 Å². The maximum Gasteiger partial charge on any atom is 0.0690 e. The highest BCUT2D eigenvalue weighted by atomic mass is 79.9. The molecule has 0 amide bonds. The molecule has 1 heterocycles. The third-order valence-electron chi connectivity index (χ3n) is 3.13. The summed E-state index contributed by atoms with van der Waals surface area (Å²) in [5.41, 5.74) is 4.03. The summed E-state index contributed by atoms with van der Waals surface area (Å²) in [6.45, 7) is 4.40. The van der Waals surface area contributed by atoms with Gasteiger partial charge in [-0.2, -0.15) is 5.10 Å². The Balaban J connectivity index is 2.30. The van der Waals surface area contributed by atoms with Gasteiger partial charge in [-0.15, -0.1) is 0 Å². The highest BCUT2D eigenvalue weighted by Gasteiger charge is 2.26. The number of nitrogens with zero attached hydrogens (tertiary/aromatic N) is 1. The van der Waals surface area contributed by atoms with Crippen LogP contribution in [0.4, 0.5) is 0 Å². The van der Waals surface area contributed by atoms with Crippen LogP contribution in [-0.2, 0) is 5.33 Å². The van der Waals surface area contributed by atoms with Gasteiger partial charge in [0.2, 0.25) is 0 Å². The smallest absolute Gasteiger partial charge is 0.0690 e. The fourth-order valence-electron chi connectivity index (χ4n) is 2.05. The van der Waals surface area contributed by atoms with Gasteiger partial charge in [0.1, 0.15) is 0 Å². The Bertz CT molecular complexity index is 313. The molecule has 1 aliphatic carbocycles. The van der Waals surface area contributed by atoms with Crippen molar-refractivity contribution in [1.29, 1.82) is 0 Å². The molecule has 2 nitrogen and oxygen atoms in total. The van der Waals surface area contributed by atoms with Crippen molar-refractivity contribution in [2.75, 3.05) is 0 Å². The van der Waals surface area contributed by atoms with E-state index in [1.54, 1.807) is 0 Å². The minimum atomic E-state index is 0.521. The molecule has 1 aliphatic rings. The largest absolute Gasteiger partial charge is 0.282 e. The Morgan fingerprint density at radius 2 is 2.21 bits per heavy atom. The molecular formula is C11H17BrN2. The fourth-order valence-corrected chi connectivity index (χ4v) is 2.64. The molecule has 1 N–H and O–H groups in total. The summed E-state index contributed by atoms with van der Waals surface area (Å²) in [6, 6.07) is 0. The molecule has 2 rings (SSSR count). The van der Waals surface area contributed by atoms with Gasteiger partial charge in [0.05, 0.1) is 5.69 Å². The molecule has 0 aromatic carbocycles. The van der Waals surface area contributed by atoms with Crippen molar-refractivity contribution in [2.24, 2.45) is 0 Å². The molecule has 0 aliphatic heterocycles. The van der Waals surface area contributed by atoms with Crippen LogP contribution in [0.1, 0.15) is 61.9 Å². The maximum atomic E-state index is 4.43. The summed E-state index contributed by atoms with van der Waals surface area (Å²) in [6.07, 6.45) is 4.04. The fraction of sp³-hybridized carbons (Fsp3) is 0.727. The summed E-state index contributed by atoms with van der Waals surface area (Å²) >= 11 is 3.57. The minimum Gasteiger partial charge on any atom is -0.282 e. The van der Waals surface area contributed by atoms with E-state index in [-0.39, 0.29) is 0 Å². The van der Waals surface area contributed by atoms with Crippen LogP contribution in [0.5, 0.6) is 0 Å². The van der Waals surface area contributed by atoms with Crippen LogP contribution in [0.2, 0.25) is 0 Å². The van der Waals surface area contributed by atoms with E-state index in [1.165, 1.54) is 36.2 Å². The van der Waals surface area contributed by atoms with E-state index in [4.69, 9.17) is 0 Å². The normalized spacial score (nSPS) is 17.4. The second-order valence-electron chi connectivity index (χ2n) is 4.42. The van der Waals surface area contributed by atoms with Crippen molar-refractivity contribution in [1.82, 2.24) is 10.2 Å². The lowest BCUT2D eigenvalue weighted by molar-refractivity contribution is 0.409. The number of rotatable bonds is 3. The molecular weight excluding hydrogens is 240 g/mol. The molecule has 0 radical (unpaired) electrons. The van der Waals surface area contributed by atoms with Gasteiger partial charge in [0.25, 0.3) is 0 Å². The second-order valence-corrected chi connectivity index (χ2v) is 4.98. The Morgan fingerprint density at radius 1 is 1.50 bits per heavy atom. The number of halogens is 1. The average Bonchev–Trinajstić information content (AvgIpc) is 2.44. The zero-order valence-electron chi connectivity index (χ0n) is 8.81. The van der Waals surface area contributed by atoms with E-state index in [0.717, 1.165) is 11.2 Å². The summed E-state index contributed by atoms with van der Waals surface area (Å²) in [5, 5.41) is 8.60. The van der Waals surface area contributed by atoms with Gasteiger partial charge < -0.3 is 0 Å². The van der Waals surface area contributed by atoms with Gasteiger partial charge in [0, 0.05) is 22.5 Å². The number of hydrogen-bond acceptors (Lipinski definition) is 1. The maximum absolute atomic E-state index is 4.43. The first-order chi connectivity index (χ1) is 6.74. The van der Waals surface area contributed by atoms with E-state index in [0.29, 0.717) is 5.92 Å². The first-order valence-corrected chi connectivity index (χ1v) is 6.49. The number of aromatic nitrogens is 2. The molecule has 1 aromatic heterocycles. The summed E-state index contributed by atoms with van der Waals surface area (Å²) in [4.78, 5) is 0. The molecule has 0 unspecified atom stereocenters. The zero-order chi connectivity index (χ0) is 10.1. The lowest BCUT2D eigenvalue weighted by atomic mass is 9.81. The lowest BCUT2D eigenvalue weighted by Crippen LogP contribution is -2.11. The van der Waals surface area contributed by atoms with Crippen LogP contribution < -0.4 is 0 Å². The standard InChI is InChI=1S/C11H17BrN2/c1-7(2)10-9(6-12)11(14-13-10)8-4-3-5-8/h7-8H,3-6H2,1-2H3,(H,13,14). The minimum absolute atomic E-state index is 0.521. The number of hydrogen-bond donors (Lipinski definition) is 1. The van der Waals surface area contributed by atoms with Crippen molar-refractivity contribution < 1.29 is 0 Å². The molecule has 0 bridgehead atoms. The topological polar surface area (TPSA) is 28.7 Å². The van der Waals surface area contributed by atoms with Crippen LogP contribution in [0.3, 0.4) is 0 Å². The molecule has 1 saturated carbocycles. The van der Waals surface area contributed by atoms with E-state index in [1.807, 2.05) is 0 Å². The highest BCUT2D eigenvalue weighted by molar-refractivity contribution is 9.08. The van der Waals surface area contributed by atoms with E-state index in [9.17, 15) is 0 Å². The van der Waals surface area contributed by atoms with Gasteiger partial charge in [-0.05, 0) is 18.8 Å². The average molecular weight is 257 g/mol. The summed E-state index contributed by atoms with van der Waals surface area (Å²) < 4.78 is 0. The van der Waals surface area contributed by atoms with Gasteiger partial charge in [0.15, 0.2) is 0 Å². The third-order valence-corrected chi connectivity index (χ3v) is 3.69. The monoisotopic (exact) mass is 256 g/mol. The predicted molar refractivity (Wildman–Crippen MR) is 61.9 cm³/mol. The summed E-state index contributed by atoms with van der Waals surface area (Å²) in [5.74, 6) is 1.27. The van der Waals surface area contributed by atoms with E-state index < -0.39 is 0 Å². The van der Waals surface area contributed by atoms with Gasteiger partial charge >= 0.3 is 0 Å². The molecule has 0 saturated heterocycles. The Labute approximate surface area is 93.6 Å². The quantitative estimate of drug-likeness (QED) is 0.822. The number of aromatic amines is 1. The van der Waals surface area contributed by atoms with Gasteiger partial charge in [-0.1, -0.05) is 36.2 Å². The molecule has 14 heavy (non-hydrogen) atoms. The van der Waals surface area contributed by atoms with Gasteiger partial charge in [-0.25, -0.2) is 0 Å². The number of nitrogens with one attached hydrogen (secondary N) is 1. The van der Waals surface area contributed by atoms with Crippen molar-refractivity contribution in [3.63, 3.8) is 0 Å². The van der Waals surface area contributed by atoms with Crippen LogP contribution in [0.15, 0.2) is 0 Å². The SMILES string of the molecule is CC(C)c1n[nH]c(C2CCC2)c1CBr.